The number of anilines is 1. The highest BCUT2D eigenvalue weighted by Crippen LogP contribution is 2.32. The van der Waals surface area contributed by atoms with Crippen molar-refractivity contribution in [1.82, 2.24) is 9.78 Å². The molecule has 0 bridgehead atoms. The Balaban J connectivity index is 1.72. The van der Waals surface area contributed by atoms with Crippen molar-refractivity contribution in [3.8, 4) is 0 Å². The standard InChI is InChI=1S/C13H19ClN4O/c14-10-5-17-18(7-8-1-2-8)13(19)12(10)16-6-11(15)9-3-4-9/h5,8-9,11,16H,1-4,6-7,15H2. The molecule has 2 aliphatic rings. The van der Waals surface area contributed by atoms with Crippen LogP contribution in [-0.4, -0.2) is 22.4 Å². The molecule has 0 saturated heterocycles. The smallest absolute Gasteiger partial charge is 0.291 e. The Morgan fingerprint density at radius 1 is 1.47 bits per heavy atom. The molecule has 5 nitrogen and oxygen atoms in total. The minimum Gasteiger partial charge on any atom is -0.378 e. The summed E-state index contributed by atoms with van der Waals surface area (Å²) in [5.74, 6) is 1.20. The van der Waals surface area contributed by atoms with Crippen molar-refractivity contribution >= 4 is 17.3 Å². The molecule has 1 unspecified atom stereocenters. The summed E-state index contributed by atoms with van der Waals surface area (Å²) in [5.41, 5.74) is 6.33. The summed E-state index contributed by atoms with van der Waals surface area (Å²) in [6, 6.07) is 0.0977. The van der Waals surface area contributed by atoms with Gasteiger partial charge < -0.3 is 11.1 Å². The third kappa shape index (κ3) is 3.09. The summed E-state index contributed by atoms with van der Waals surface area (Å²) in [5, 5.41) is 7.58. The number of nitrogens with zero attached hydrogens (tertiary/aromatic N) is 2. The van der Waals surface area contributed by atoms with Crippen LogP contribution in [-0.2, 0) is 6.54 Å². The topological polar surface area (TPSA) is 72.9 Å². The highest BCUT2D eigenvalue weighted by molar-refractivity contribution is 6.32. The zero-order valence-corrected chi connectivity index (χ0v) is 11.6. The first-order valence-corrected chi connectivity index (χ1v) is 7.28. The summed E-state index contributed by atoms with van der Waals surface area (Å²) >= 11 is 6.05. The van der Waals surface area contributed by atoms with E-state index in [0.29, 0.717) is 35.6 Å². The van der Waals surface area contributed by atoms with Crippen molar-refractivity contribution in [3.63, 3.8) is 0 Å². The van der Waals surface area contributed by atoms with E-state index in [0.717, 1.165) is 0 Å². The Morgan fingerprint density at radius 2 is 2.21 bits per heavy atom. The van der Waals surface area contributed by atoms with Crippen LogP contribution in [0.25, 0.3) is 0 Å². The predicted molar refractivity (Wildman–Crippen MR) is 75.4 cm³/mol. The van der Waals surface area contributed by atoms with Gasteiger partial charge in [-0.3, -0.25) is 4.79 Å². The van der Waals surface area contributed by atoms with Crippen LogP contribution >= 0.6 is 11.6 Å². The molecule has 0 spiro atoms. The molecule has 2 saturated carbocycles. The molecular weight excluding hydrogens is 264 g/mol. The fourth-order valence-corrected chi connectivity index (χ4v) is 2.41. The molecule has 0 aliphatic heterocycles. The van der Waals surface area contributed by atoms with E-state index in [9.17, 15) is 4.79 Å². The second-order valence-corrected chi connectivity index (χ2v) is 6.09. The van der Waals surface area contributed by atoms with Gasteiger partial charge in [-0.05, 0) is 37.5 Å². The molecule has 1 heterocycles. The Morgan fingerprint density at radius 3 is 2.84 bits per heavy atom. The maximum Gasteiger partial charge on any atom is 0.291 e. The molecule has 0 radical (unpaired) electrons. The van der Waals surface area contributed by atoms with E-state index in [1.165, 1.54) is 36.6 Å². The molecule has 104 valence electrons. The molecule has 0 amide bonds. The van der Waals surface area contributed by atoms with Gasteiger partial charge in [0.15, 0.2) is 0 Å². The van der Waals surface area contributed by atoms with Gasteiger partial charge in [-0.1, -0.05) is 11.6 Å². The molecule has 1 aromatic rings. The Bertz CT molecular complexity index is 522. The number of aromatic nitrogens is 2. The third-order valence-electron chi connectivity index (χ3n) is 3.87. The van der Waals surface area contributed by atoms with Crippen LogP contribution in [0.1, 0.15) is 25.7 Å². The van der Waals surface area contributed by atoms with Crippen LogP contribution in [0.4, 0.5) is 5.69 Å². The van der Waals surface area contributed by atoms with Crippen LogP contribution in [0.3, 0.4) is 0 Å². The number of rotatable bonds is 6. The SMILES string of the molecule is NC(CNc1c(Cl)cnn(CC2CC2)c1=O)C1CC1. The van der Waals surface area contributed by atoms with Crippen molar-refractivity contribution in [2.75, 3.05) is 11.9 Å². The average molecular weight is 283 g/mol. The second-order valence-electron chi connectivity index (χ2n) is 5.68. The van der Waals surface area contributed by atoms with Gasteiger partial charge in [-0.2, -0.15) is 5.10 Å². The van der Waals surface area contributed by atoms with Crippen LogP contribution in [0.15, 0.2) is 11.0 Å². The fraction of sp³-hybridized carbons (Fsp3) is 0.692. The lowest BCUT2D eigenvalue weighted by molar-refractivity contribution is 0.533. The van der Waals surface area contributed by atoms with E-state index in [-0.39, 0.29) is 11.6 Å². The minimum absolute atomic E-state index is 0.0977. The molecule has 0 aromatic carbocycles. The number of nitrogens with two attached hydrogens (primary N) is 1. The lowest BCUT2D eigenvalue weighted by Gasteiger charge is -2.14. The lowest BCUT2D eigenvalue weighted by Crippen LogP contribution is -2.34. The Hall–Kier alpha value is -1.07. The zero-order chi connectivity index (χ0) is 13.4. The molecule has 2 aliphatic carbocycles. The minimum atomic E-state index is -0.137. The van der Waals surface area contributed by atoms with Gasteiger partial charge in [-0.25, -0.2) is 4.68 Å². The molecule has 1 atom stereocenters. The highest BCUT2D eigenvalue weighted by atomic mass is 35.5. The first-order valence-electron chi connectivity index (χ1n) is 6.90. The van der Waals surface area contributed by atoms with E-state index >= 15 is 0 Å². The lowest BCUT2D eigenvalue weighted by atomic mass is 10.2. The maximum absolute atomic E-state index is 12.3. The molecule has 6 heteroatoms. The van der Waals surface area contributed by atoms with Gasteiger partial charge in [0.1, 0.15) is 5.69 Å². The summed E-state index contributed by atoms with van der Waals surface area (Å²) in [4.78, 5) is 12.3. The number of halogens is 1. The summed E-state index contributed by atoms with van der Waals surface area (Å²) in [6.45, 7) is 1.28. The van der Waals surface area contributed by atoms with Crippen molar-refractivity contribution in [3.05, 3.63) is 21.6 Å². The van der Waals surface area contributed by atoms with Gasteiger partial charge in [-0.15, -0.1) is 0 Å². The quantitative estimate of drug-likeness (QED) is 0.828. The van der Waals surface area contributed by atoms with Gasteiger partial charge in [0.25, 0.3) is 5.56 Å². The normalized spacial score (nSPS) is 20.3. The summed E-state index contributed by atoms with van der Waals surface area (Å²) in [7, 11) is 0. The van der Waals surface area contributed by atoms with Crippen LogP contribution < -0.4 is 16.6 Å². The largest absolute Gasteiger partial charge is 0.378 e. The maximum atomic E-state index is 12.3. The van der Waals surface area contributed by atoms with E-state index in [2.05, 4.69) is 10.4 Å². The monoisotopic (exact) mass is 282 g/mol. The number of hydrogen-bond donors (Lipinski definition) is 2. The van der Waals surface area contributed by atoms with Crippen LogP contribution in [0.5, 0.6) is 0 Å². The van der Waals surface area contributed by atoms with Gasteiger partial charge >= 0.3 is 0 Å². The van der Waals surface area contributed by atoms with E-state index < -0.39 is 0 Å². The molecule has 19 heavy (non-hydrogen) atoms. The highest BCUT2D eigenvalue weighted by Gasteiger charge is 2.28. The van der Waals surface area contributed by atoms with Crippen molar-refractivity contribution in [2.24, 2.45) is 17.6 Å². The van der Waals surface area contributed by atoms with E-state index in [1.54, 1.807) is 0 Å². The summed E-state index contributed by atoms with van der Waals surface area (Å²) in [6.07, 6.45) is 6.30. The number of hydrogen-bond acceptors (Lipinski definition) is 4. The average Bonchev–Trinajstić information content (AvgIpc) is 3.26. The molecule has 3 rings (SSSR count). The molecule has 2 fully saturated rings. The van der Waals surface area contributed by atoms with Crippen molar-refractivity contribution in [1.29, 1.82) is 0 Å². The first-order chi connectivity index (χ1) is 9.15. The van der Waals surface area contributed by atoms with Gasteiger partial charge in [0.2, 0.25) is 0 Å². The van der Waals surface area contributed by atoms with Gasteiger partial charge in [0, 0.05) is 19.1 Å². The molecule has 3 N–H and O–H groups in total. The zero-order valence-electron chi connectivity index (χ0n) is 10.8. The molecular formula is C13H19ClN4O. The fourth-order valence-electron chi connectivity index (χ4n) is 2.21. The third-order valence-corrected chi connectivity index (χ3v) is 4.15. The second kappa shape index (κ2) is 5.13. The Kier molecular flexibility index (Phi) is 3.50. The number of nitrogens with one attached hydrogen (secondary N) is 1. The van der Waals surface area contributed by atoms with Crippen molar-refractivity contribution < 1.29 is 0 Å². The van der Waals surface area contributed by atoms with E-state index in [1.807, 2.05) is 0 Å². The van der Waals surface area contributed by atoms with E-state index in [4.69, 9.17) is 17.3 Å². The van der Waals surface area contributed by atoms with Crippen LogP contribution in [0, 0.1) is 11.8 Å². The first kappa shape index (κ1) is 12.9. The van der Waals surface area contributed by atoms with Crippen LogP contribution in [0.2, 0.25) is 5.02 Å². The van der Waals surface area contributed by atoms with Crippen molar-refractivity contribution in [2.45, 2.75) is 38.3 Å². The van der Waals surface area contributed by atoms with Gasteiger partial charge in [0.05, 0.1) is 11.2 Å². The molecule has 1 aromatic heterocycles. The summed E-state index contributed by atoms with van der Waals surface area (Å²) < 4.78 is 1.51. The predicted octanol–water partition coefficient (Wildman–Crippen LogP) is 1.46. The Labute approximate surface area is 117 Å².